The number of nitrogens with zero attached hydrogens (tertiary/aromatic N) is 2. The minimum atomic E-state index is -0.0428. The van der Waals surface area contributed by atoms with E-state index in [4.69, 9.17) is 0 Å². The number of anilines is 1. The quantitative estimate of drug-likeness (QED) is 0.786. The van der Waals surface area contributed by atoms with Gasteiger partial charge in [0.2, 0.25) is 5.91 Å². The highest BCUT2D eigenvalue weighted by molar-refractivity contribution is 5.86. The molecule has 1 aliphatic heterocycles. The Hall–Kier alpha value is -1.77. The Kier molecular flexibility index (Phi) is 4.83. The first-order valence-corrected chi connectivity index (χ1v) is 7.35. The molecular weight excluding hydrogens is 248 g/mol. The van der Waals surface area contributed by atoms with Crippen LogP contribution in [-0.2, 0) is 11.3 Å². The number of carbonyl (C=O) groups is 1. The van der Waals surface area contributed by atoms with Gasteiger partial charge in [-0.25, -0.2) is 0 Å². The van der Waals surface area contributed by atoms with Crippen molar-refractivity contribution in [3.05, 3.63) is 42.5 Å². The number of likely N-dealkylation sites (N-methyl/N-ethyl adjacent to an activating group) is 1. The molecular formula is C17H24N2O. The van der Waals surface area contributed by atoms with Gasteiger partial charge in [0.1, 0.15) is 0 Å². The fourth-order valence-electron chi connectivity index (χ4n) is 2.78. The number of amides is 1. The Labute approximate surface area is 121 Å². The van der Waals surface area contributed by atoms with Crippen molar-refractivity contribution in [2.24, 2.45) is 0 Å². The number of hydrogen-bond acceptors (Lipinski definition) is 2. The van der Waals surface area contributed by atoms with Crippen molar-refractivity contribution >= 4 is 11.6 Å². The summed E-state index contributed by atoms with van der Waals surface area (Å²) >= 11 is 0. The Morgan fingerprint density at radius 1 is 1.40 bits per heavy atom. The summed E-state index contributed by atoms with van der Waals surface area (Å²) in [5.74, 6) is -0.0428. The van der Waals surface area contributed by atoms with E-state index in [9.17, 15) is 4.79 Å². The smallest absolute Gasteiger partial charge is 0.245 e. The number of benzene rings is 1. The lowest BCUT2D eigenvalue weighted by Gasteiger charge is -2.35. The van der Waals surface area contributed by atoms with Crippen molar-refractivity contribution in [3.8, 4) is 0 Å². The third kappa shape index (κ3) is 3.41. The normalized spacial score (nSPS) is 18.7. The monoisotopic (exact) mass is 272 g/mol. The number of carbonyl (C=O) groups excluding carboxylic acids is 1. The van der Waals surface area contributed by atoms with Crippen molar-refractivity contribution in [1.29, 1.82) is 0 Å². The van der Waals surface area contributed by atoms with Crippen molar-refractivity contribution in [2.45, 2.75) is 38.8 Å². The molecule has 1 aromatic carbocycles. The molecule has 1 aromatic rings. The topological polar surface area (TPSA) is 23.6 Å². The van der Waals surface area contributed by atoms with E-state index in [0.29, 0.717) is 12.6 Å². The Bertz CT molecular complexity index is 466. The van der Waals surface area contributed by atoms with E-state index in [1.807, 2.05) is 0 Å². The van der Waals surface area contributed by atoms with Crippen LogP contribution in [-0.4, -0.2) is 30.4 Å². The Balaban J connectivity index is 2.02. The molecule has 3 heteroatoms. The maximum atomic E-state index is 11.5. The van der Waals surface area contributed by atoms with E-state index in [1.54, 1.807) is 11.9 Å². The molecule has 0 aromatic heterocycles. The van der Waals surface area contributed by atoms with E-state index in [2.05, 4.69) is 42.7 Å². The fourth-order valence-corrected chi connectivity index (χ4v) is 2.78. The van der Waals surface area contributed by atoms with E-state index in [1.165, 1.54) is 31.0 Å². The molecule has 1 saturated heterocycles. The lowest BCUT2D eigenvalue weighted by Crippen LogP contribution is -2.37. The molecule has 1 atom stereocenters. The summed E-state index contributed by atoms with van der Waals surface area (Å²) in [5, 5.41) is 0. The summed E-state index contributed by atoms with van der Waals surface area (Å²) in [7, 11) is 1.80. The minimum absolute atomic E-state index is 0.0428. The minimum Gasteiger partial charge on any atom is -0.369 e. The number of hydrogen-bond donors (Lipinski definition) is 0. The highest BCUT2D eigenvalue weighted by Crippen LogP contribution is 2.24. The van der Waals surface area contributed by atoms with Gasteiger partial charge in [-0.15, -0.1) is 0 Å². The summed E-state index contributed by atoms with van der Waals surface area (Å²) < 4.78 is 0. The van der Waals surface area contributed by atoms with Crippen LogP contribution in [0.5, 0.6) is 0 Å². The van der Waals surface area contributed by atoms with Crippen molar-refractivity contribution in [2.75, 3.05) is 18.5 Å². The molecule has 1 aliphatic rings. The zero-order valence-electron chi connectivity index (χ0n) is 12.5. The lowest BCUT2D eigenvalue weighted by atomic mass is 10.0. The summed E-state index contributed by atoms with van der Waals surface area (Å²) in [6.07, 6.45) is 5.25. The van der Waals surface area contributed by atoms with Gasteiger partial charge in [-0.05, 0) is 50.0 Å². The molecule has 1 amide bonds. The van der Waals surface area contributed by atoms with Gasteiger partial charge in [0, 0.05) is 31.9 Å². The van der Waals surface area contributed by atoms with Gasteiger partial charge < -0.3 is 9.80 Å². The molecule has 0 radical (unpaired) electrons. The van der Waals surface area contributed by atoms with Gasteiger partial charge in [-0.2, -0.15) is 0 Å². The fraction of sp³-hybridized carbons (Fsp3) is 0.471. The lowest BCUT2D eigenvalue weighted by molar-refractivity contribution is -0.125. The summed E-state index contributed by atoms with van der Waals surface area (Å²) in [6, 6.07) is 9.19. The van der Waals surface area contributed by atoms with Crippen LogP contribution in [0.1, 0.15) is 31.7 Å². The Morgan fingerprint density at radius 3 is 2.70 bits per heavy atom. The molecule has 2 rings (SSSR count). The van der Waals surface area contributed by atoms with Crippen LogP contribution in [0.25, 0.3) is 0 Å². The SMILES string of the molecule is C=CC(=O)N(C)Cc1ccc(N2CCCCC2C)cc1. The van der Waals surface area contributed by atoms with Gasteiger partial charge in [-0.1, -0.05) is 18.7 Å². The molecule has 0 aliphatic carbocycles. The first-order valence-electron chi connectivity index (χ1n) is 7.35. The third-order valence-corrected chi connectivity index (χ3v) is 4.04. The molecule has 1 heterocycles. The van der Waals surface area contributed by atoms with E-state index in [0.717, 1.165) is 12.1 Å². The molecule has 20 heavy (non-hydrogen) atoms. The van der Waals surface area contributed by atoms with Crippen LogP contribution in [0.2, 0.25) is 0 Å². The first kappa shape index (κ1) is 14.6. The maximum absolute atomic E-state index is 11.5. The van der Waals surface area contributed by atoms with Gasteiger partial charge >= 0.3 is 0 Å². The zero-order valence-corrected chi connectivity index (χ0v) is 12.5. The molecule has 0 saturated carbocycles. The highest BCUT2D eigenvalue weighted by Gasteiger charge is 2.18. The van der Waals surface area contributed by atoms with E-state index < -0.39 is 0 Å². The van der Waals surface area contributed by atoms with Gasteiger partial charge in [0.25, 0.3) is 0 Å². The van der Waals surface area contributed by atoms with Crippen molar-refractivity contribution in [1.82, 2.24) is 4.90 Å². The van der Waals surface area contributed by atoms with Crippen molar-refractivity contribution < 1.29 is 4.79 Å². The molecule has 1 fully saturated rings. The maximum Gasteiger partial charge on any atom is 0.245 e. The summed E-state index contributed by atoms with van der Waals surface area (Å²) in [6.45, 7) is 7.58. The number of piperidine rings is 1. The van der Waals surface area contributed by atoms with Crippen LogP contribution in [0, 0.1) is 0 Å². The summed E-state index contributed by atoms with van der Waals surface area (Å²) in [4.78, 5) is 15.6. The van der Waals surface area contributed by atoms with Gasteiger partial charge in [-0.3, -0.25) is 4.79 Å². The molecule has 0 bridgehead atoms. The second kappa shape index (κ2) is 6.60. The van der Waals surface area contributed by atoms with E-state index >= 15 is 0 Å². The predicted octanol–water partition coefficient (Wildman–Crippen LogP) is 3.21. The largest absolute Gasteiger partial charge is 0.369 e. The van der Waals surface area contributed by atoms with Crippen molar-refractivity contribution in [3.63, 3.8) is 0 Å². The van der Waals surface area contributed by atoms with E-state index in [-0.39, 0.29) is 5.91 Å². The standard InChI is InChI=1S/C17H24N2O/c1-4-17(20)18(3)13-15-8-10-16(11-9-15)19-12-6-5-7-14(19)2/h4,8-11,14H,1,5-7,12-13H2,2-3H3. The molecule has 0 spiro atoms. The van der Waals surface area contributed by atoms with Gasteiger partial charge in [0.05, 0.1) is 0 Å². The van der Waals surface area contributed by atoms with Crippen LogP contribution in [0.15, 0.2) is 36.9 Å². The average Bonchev–Trinajstić information content (AvgIpc) is 2.48. The highest BCUT2D eigenvalue weighted by atomic mass is 16.2. The predicted molar refractivity (Wildman–Crippen MR) is 83.8 cm³/mol. The van der Waals surface area contributed by atoms with Gasteiger partial charge in [0.15, 0.2) is 0 Å². The van der Waals surface area contributed by atoms with Crippen LogP contribution in [0.4, 0.5) is 5.69 Å². The van der Waals surface area contributed by atoms with Crippen LogP contribution >= 0.6 is 0 Å². The molecule has 1 unspecified atom stereocenters. The second-order valence-electron chi connectivity index (χ2n) is 5.60. The average molecular weight is 272 g/mol. The zero-order chi connectivity index (χ0) is 14.5. The number of rotatable bonds is 4. The molecule has 108 valence electrons. The van der Waals surface area contributed by atoms with Crippen LogP contribution < -0.4 is 4.90 Å². The summed E-state index contributed by atoms with van der Waals surface area (Å²) in [5.41, 5.74) is 2.44. The second-order valence-corrected chi connectivity index (χ2v) is 5.60. The first-order chi connectivity index (χ1) is 9.61. The third-order valence-electron chi connectivity index (χ3n) is 4.04. The molecule has 0 N–H and O–H groups in total. The van der Waals surface area contributed by atoms with Crippen LogP contribution in [0.3, 0.4) is 0 Å². The molecule has 3 nitrogen and oxygen atoms in total. The Morgan fingerprint density at radius 2 is 2.10 bits per heavy atom.